The fourth-order valence-electron chi connectivity index (χ4n) is 3.62. The number of hydrogen-bond acceptors (Lipinski definition) is 5. The standard InChI is InChI=1S/C19H17ClN2O5S/c1-26-18-15(20)16-14-12(8-9-21(16)11-23)10-22(17(14)19(18)27-2)28(24,25)13-6-4-3-5-7-13/h3-7,10-11H,8-9H2,1-2H3. The maximum Gasteiger partial charge on any atom is 0.268 e. The van der Waals surface area contributed by atoms with E-state index in [-0.39, 0.29) is 21.4 Å². The summed E-state index contributed by atoms with van der Waals surface area (Å²) in [4.78, 5) is 13.2. The van der Waals surface area contributed by atoms with Crippen LogP contribution in [0.5, 0.6) is 11.5 Å². The van der Waals surface area contributed by atoms with Crippen LogP contribution in [0.15, 0.2) is 41.4 Å². The molecule has 0 saturated heterocycles. The molecule has 1 aliphatic heterocycles. The molecule has 0 aliphatic carbocycles. The van der Waals surface area contributed by atoms with Gasteiger partial charge in [-0.25, -0.2) is 12.4 Å². The third kappa shape index (κ3) is 2.48. The SMILES string of the molecule is COc1c(Cl)c2c3c(cn(S(=O)(=O)c4ccccc4)c3c1OC)CCN2C=O. The van der Waals surface area contributed by atoms with Gasteiger partial charge in [0.15, 0.2) is 11.5 Å². The summed E-state index contributed by atoms with van der Waals surface area (Å²) in [5.41, 5.74) is 1.49. The average Bonchev–Trinajstić information content (AvgIpc) is 3.11. The smallest absolute Gasteiger partial charge is 0.268 e. The Morgan fingerprint density at radius 1 is 1.11 bits per heavy atom. The van der Waals surface area contributed by atoms with Gasteiger partial charge in [-0.1, -0.05) is 29.8 Å². The van der Waals surface area contributed by atoms with Crippen molar-refractivity contribution in [2.75, 3.05) is 25.7 Å². The molecule has 4 rings (SSSR count). The Hall–Kier alpha value is -2.71. The summed E-state index contributed by atoms with van der Waals surface area (Å²) in [6.07, 6.45) is 2.74. The van der Waals surface area contributed by atoms with Crippen molar-refractivity contribution in [1.82, 2.24) is 3.97 Å². The third-order valence-corrected chi connectivity index (χ3v) is 6.89. The summed E-state index contributed by atoms with van der Waals surface area (Å²) >= 11 is 6.53. The van der Waals surface area contributed by atoms with E-state index in [0.717, 1.165) is 5.56 Å². The summed E-state index contributed by atoms with van der Waals surface area (Å²) in [7, 11) is -1.07. The van der Waals surface area contributed by atoms with Crippen LogP contribution in [0, 0.1) is 0 Å². The molecule has 3 aromatic rings. The van der Waals surface area contributed by atoms with E-state index in [4.69, 9.17) is 21.1 Å². The number of halogens is 1. The number of carbonyl (C=O) groups is 1. The Bertz CT molecular complexity index is 1190. The zero-order valence-electron chi connectivity index (χ0n) is 15.2. The first kappa shape index (κ1) is 18.6. The highest BCUT2D eigenvalue weighted by Gasteiger charge is 2.34. The summed E-state index contributed by atoms with van der Waals surface area (Å²) in [5, 5.41) is 0.773. The van der Waals surface area contributed by atoms with Gasteiger partial charge < -0.3 is 14.4 Å². The van der Waals surface area contributed by atoms with E-state index in [1.807, 2.05) is 0 Å². The minimum absolute atomic E-state index is 0.141. The number of amides is 1. The van der Waals surface area contributed by atoms with Crippen LogP contribution in [0.3, 0.4) is 0 Å². The van der Waals surface area contributed by atoms with E-state index in [1.165, 1.54) is 35.2 Å². The number of benzene rings is 2. The van der Waals surface area contributed by atoms with Crippen LogP contribution in [0.1, 0.15) is 5.56 Å². The second-order valence-corrected chi connectivity index (χ2v) is 8.46. The third-order valence-electron chi connectivity index (χ3n) is 4.86. The predicted molar refractivity (Wildman–Crippen MR) is 106 cm³/mol. The van der Waals surface area contributed by atoms with E-state index in [9.17, 15) is 13.2 Å². The van der Waals surface area contributed by atoms with Gasteiger partial charge in [-0.2, -0.15) is 0 Å². The quantitative estimate of drug-likeness (QED) is 0.593. The Kier molecular flexibility index (Phi) is 4.47. The molecule has 0 N–H and O–H groups in total. The topological polar surface area (TPSA) is 77.8 Å². The largest absolute Gasteiger partial charge is 0.491 e. The average molecular weight is 421 g/mol. The van der Waals surface area contributed by atoms with E-state index in [0.29, 0.717) is 36.0 Å². The molecule has 2 aromatic carbocycles. The lowest BCUT2D eigenvalue weighted by molar-refractivity contribution is -0.107. The number of hydrogen-bond donors (Lipinski definition) is 0. The molecule has 0 atom stereocenters. The molecule has 0 radical (unpaired) electrons. The lowest BCUT2D eigenvalue weighted by atomic mass is 10.0. The van der Waals surface area contributed by atoms with Crippen LogP contribution in [0.25, 0.3) is 10.9 Å². The molecule has 9 heteroatoms. The Morgan fingerprint density at radius 2 is 1.79 bits per heavy atom. The van der Waals surface area contributed by atoms with E-state index >= 15 is 0 Å². The molecule has 146 valence electrons. The number of carbonyl (C=O) groups excluding carboxylic acids is 1. The molecule has 0 bridgehead atoms. The number of ether oxygens (including phenoxy) is 2. The first-order valence-corrected chi connectivity index (χ1v) is 10.3. The molecule has 1 amide bonds. The first-order chi connectivity index (χ1) is 13.5. The van der Waals surface area contributed by atoms with Crippen molar-refractivity contribution in [2.45, 2.75) is 11.3 Å². The van der Waals surface area contributed by atoms with Crippen LogP contribution in [-0.2, 0) is 21.2 Å². The summed E-state index contributed by atoms with van der Waals surface area (Å²) in [6, 6.07) is 8.12. The number of rotatable bonds is 5. The number of anilines is 1. The molecular weight excluding hydrogens is 404 g/mol. The summed E-state index contributed by atoms with van der Waals surface area (Å²) in [5.74, 6) is 0.374. The van der Waals surface area contributed by atoms with Gasteiger partial charge in [-0.3, -0.25) is 4.79 Å². The van der Waals surface area contributed by atoms with E-state index in [2.05, 4.69) is 0 Å². The minimum atomic E-state index is -3.91. The lowest BCUT2D eigenvalue weighted by Gasteiger charge is -2.26. The predicted octanol–water partition coefficient (Wildman–Crippen LogP) is 3.07. The highest BCUT2D eigenvalue weighted by Crippen LogP contribution is 2.52. The van der Waals surface area contributed by atoms with E-state index in [1.54, 1.807) is 24.4 Å². The van der Waals surface area contributed by atoms with Gasteiger partial charge in [0.05, 0.1) is 24.8 Å². The molecule has 1 aliphatic rings. The van der Waals surface area contributed by atoms with Gasteiger partial charge in [0.1, 0.15) is 10.5 Å². The van der Waals surface area contributed by atoms with Crippen molar-refractivity contribution in [3.8, 4) is 11.5 Å². The van der Waals surface area contributed by atoms with Crippen molar-refractivity contribution in [2.24, 2.45) is 0 Å². The molecule has 1 aromatic heterocycles. The normalized spacial score (nSPS) is 13.6. The second-order valence-electron chi connectivity index (χ2n) is 6.27. The molecule has 0 spiro atoms. The maximum atomic E-state index is 13.4. The zero-order valence-corrected chi connectivity index (χ0v) is 16.7. The fraction of sp³-hybridized carbons (Fsp3) is 0.211. The summed E-state index contributed by atoms with van der Waals surface area (Å²) in [6.45, 7) is 0.385. The second kappa shape index (κ2) is 6.72. The lowest BCUT2D eigenvalue weighted by Crippen LogP contribution is -2.27. The number of nitrogens with zero attached hydrogens (tertiary/aromatic N) is 2. The Labute approximate surface area is 167 Å². The molecular formula is C19H17ClN2O5S. The van der Waals surface area contributed by atoms with Gasteiger partial charge in [0, 0.05) is 18.1 Å². The van der Waals surface area contributed by atoms with Crippen LogP contribution in [0.2, 0.25) is 5.02 Å². The molecule has 2 heterocycles. The van der Waals surface area contributed by atoms with Crippen molar-refractivity contribution in [1.29, 1.82) is 0 Å². The van der Waals surface area contributed by atoms with Gasteiger partial charge in [0.25, 0.3) is 10.0 Å². The molecule has 0 unspecified atom stereocenters. The van der Waals surface area contributed by atoms with Crippen LogP contribution in [0.4, 0.5) is 5.69 Å². The molecule has 7 nitrogen and oxygen atoms in total. The molecule has 0 saturated carbocycles. The molecule has 28 heavy (non-hydrogen) atoms. The van der Waals surface area contributed by atoms with Crippen molar-refractivity contribution in [3.63, 3.8) is 0 Å². The van der Waals surface area contributed by atoms with Crippen molar-refractivity contribution in [3.05, 3.63) is 47.1 Å². The van der Waals surface area contributed by atoms with Gasteiger partial charge in [-0.05, 0) is 24.1 Å². The number of methoxy groups -OCH3 is 2. The highest BCUT2D eigenvalue weighted by molar-refractivity contribution is 7.90. The Balaban J connectivity index is 2.17. The van der Waals surface area contributed by atoms with Crippen LogP contribution >= 0.6 is 11.6 Å². The maximum absolute atomic E-state index is 13.4. The van der Waals surface area contributed by atoms with Crippen molar-refractivity contribution >= 4 is 44.6 Å². The Morgan fingerprint density at radius 3 is 2.39 bits per heavy atom. The van der Waals surface area contributed by atoms with Crippen LogP contribution < -0.4 is 14.4 Å². The summed E-state index contributed by atoms with van der Waals surface area (Å²) < 4.78 is 38.8. The number of aromatic nitrogens is 1. The first-order valence-electron chi connectivity index (χ1n) is 8.45. The minimum Gasteiger partial charge on any atom is -0.491 e. The fourth-order valence-corrected chi connectivity index (χ4v) is 5.39. The van der Waals surface area contributed by atoms with E-state index < -0.39 is 10.0 Å². The van der Waals surface area contributed by atoms with Gasteiger partial charge >= 0.3 is 0 Å². The molecule has 0 fully saturated rings. The highest BCUT2D eigenvalue weighted by atomic mass is 35.5. The monoisotopic (exact) mass is 420 g/mol. The zero-order chi connectivity index (χ0) is 20.1. The van der Waals surface area contributed by atoms with Crippen molar-refractivity contribution < 1.29 is 22.7 Å². The van der Waals surface area contributed by atoms with Gasteiger partial charge in [0.2, 0.25) is 6.41 Å². The van der Waals surface area contributed by atoms with Gasteiger partial charge in [-0.15, -0.1) is 0 Å². The van der Waals surface area contributed by atoms with Crippen LogP contribution in [-0.4, -0.2) is 39.6 Å².